The SMILES string of the molecule is [2H]c1cc2c(-c3c([2H])c([2H])c([2H])c(/C=C/C=C\C=C)c3[2H])c3c([2H])c([2H])c([2H])c([2H])c3c(-c3cc(-c4ccccc4)cc4oc5ccccc5c34)c2c([2H])c1[2H]. The van der Waals surface area contributed by atoms with Crippen molar-refractivity contribution in [3.63, 3.8) is 0 Å². The molecule has 8 rings (SSSR count). The average Bonchev–Trinajstić information content (AvgIpc) is 3.59. The first-order chi connectivity index (χ1) is 26.9. The van der Waals surface area contributed by atoms with Crippen molar-refractivity contribution in [3.8, 4) is 33.4 Å². The van der Waals surface area contributed by atoms with Crippen LogP contribution in [0.2, 0.25) is 0 Å². The van der Waals surface area contributed by atoms with Gasteiger partial charge in [0.05, 0.1) is 15.1 Å². The fourth-order valence-corrected chi connectivity index (χ4v) is 5.93. The molecule has 0 aliphatic rings. The van der Waals surface area contributed by atoms with E-state index < -0.39 is 48.3 Å². The fourth-order valence-electron chi connectivity index (χ4n) is 5.93. The number of hydrogen-bond acceptors (Lipinski definition) is 1. The Morgan fingerprint density at radius 1 is 0.556 bits per heavy atom. The summed E-state index contributed by atoms with van der Waals surface area (Å²) in [5, 5.41) is 1.30. The molecule has 0 saturated carbocycles. The number of furan rings is 1. The topological polar surface area (TPSA) is 13.1 Å². The van der Waals surface area contributed by atoms with Gasteiger partial charge in [0.2, 0.25) is 0 Å². The third-order valence-electron chi connectivity index (χ3n) is 7.82. The van der Waals surface area contributed by atoms with E-state index in [-0.39, 0.29) is 61.9 Å². The molecule has 212 valence electrons. The van der Waals surface area contributed by atoms with Crippen molar-refractivity contribution in [2.75, 3.05) is 0 Å². The van der Waals surface area contributed by atoms with E-state index in [1.54, 1.807) is 24.3 Å². The van der Waals surface area contributed by atoms with E-state index >= 15 is 0 Å². The molecule has 45 heavy (non-hydrogen) atoms. The van der Waals surface area contributed by atoms with E-state index in [9.17, 15) is 6.85 Å². The number of allylic oxidation sites excluding steroid dienone is 4. The Hall–Kier alpha value is -5.92. The summed E-state index contributed by atoms with van der Waals surface area (Å²) in [6, 6.07) is 16.8. The summed E-state index contributed by atoms with van der Waals surface area (Å²) in [5.41, 5.74) is 2.90. The van der Waals surface area contributed by atoms with Crippen LogP contribution in [0, 0.1) is 0 Å². The highest BCUT2D eigenvalue weighted by Crippen LogP contribution is 2.48. The Bertz CT molecular complexity index is 3050. The summed E-state index contributed by atoms with van der Waals surface area (Å²) in [7, 11) is 0. The third-order valence-corrected chi connectivity index (χ3v) is 7.82. The van der Waals surface area contributed by atoms with Gasteiger partial charge in [0, 0.05) is 10.8 Å². The maximum Gasteiger partial charge on any atom is 0.136 e. The van der Waals surface area contributed by atoms with Crippen molar-refractivity contribution in [1.82, 2.24) is 0 Å². The van der Waals surface area contributed by atoms with Gasteiger partial charge in [0.15, 0.2) is 0 Å². The molecule has 0 bridgehead atoms. The summed E-state index contributed by atoms with van der Waals surface area (Å²) in [4.78, 5) is 0. The number of rotatable bonds is 6. The lowest BCUT2D eigenvalue weighted by Crippen LogP contribution is -1.92. The van der Waals surface area contributed by atoms with Gasteiger partial charge >= 0.3 is 0 Å². The number of benzene rings is 7. The van der Waals surface area contributed by atoms with E-state index in [1.165, 1.54) is 12.1 Å². The first-order valence-electron chi connectivity index (χ1n) is 19.9. The second-order valence-corrected chi connectivity index (χ2v) is 10.5. The van der Waals surface area contributed by atoms with Crippen LogP contribution in [0.3, 0.4) is 0 Å². The Balaban J connectivity index is 1.68. The number of para-hydroxylation sites is 1. The smallest absolute Gasteiger partial charge is 0.136 e. The lowest BCUT2D eigenvalue weighted by Gasteiger charge is -2.19. The molecule has 1 aromatic heterocycles. The van der Waals surface area contributed by atoms with Crippen molar-refractivity contribution in [1.29, 1.82) is 0 Å². The van der Waals surface area contributed by atoms with Gasteiger partial charge in [-0.25, -0.2) is 0 Å². The van der Waals surface area contributed by atoms with E-state index in [4.69, 9.17) is 12.6 Å². The highest BCUT2D eigenvalue weighted by Gasteiger charge is 2.21. The Morgan fingerprint density at radius 3 is 2.16 bits per heavy atom. The van der Waals surface area contributed by atoms with Gasteiger partial charge in [0.1, 0.15) is 11.2 Å². The van der Waals surface area contributed by atoms with Crippen molar-refractivity contribution in [3.05, 3.63) is 176 Å². The standard InChI is InChI=1S/C44H30O/c1-2-3-4-6-16-30-17-15-20-32(27-30)42-34-21-9-11-23-36(34)43(37-24-12-10-22-35(37)42)39-28-33(31-18-7-5-8-19-31)29-41-44(39)38-25-13-14-26-40(38)45-41/h2-29H,1H2/b4-3-,16-6+/i9D,10D,11D,12D,15D,17D,20D,21D,23D,24D,27D. The summed E-state index contributed by atoms with van der Waals surface area (Å²) < 4.78 is 106. The first kappa shape index (κ1) is 17.4. The zero-order chi connectivity index (χ0) is 39.7. The Morgan fingerprint density at radius 2 is 1.31 bits per heavy atom. The highest BCUT2D eigenvalue weighted by atomic mass is 16.3. The summed E-state index contributed by atoms with van der Waals surface area (Å²) >= 11 is 0. The van der Waals surface area contributed by atoms with Crippen LogP contribution >= 0.6 is 0 Å². The largest absolute Gasteiger partial charge is 0.456 e. The highest BCUT2D eigenvalue weighted by molar-refractivity contribution is 6.26. The Kier molecular flexibility index (Phi) is 4.37. The van der Waals surface area contributed by atoms with Gasteiger partial charge < -0.3 is 4.42 Å². The van der Waals surface area contributed by atoms with Gasteiger partial charge in [-0.05, 0) is 84.7 Å². The normalized spacial score (nSPS) is 15.3. The predicted molar refractivity (Wildman–Crippen MR) is 193 cm³/mol. The molecule has 0 spiro atoms. The zero-order valence-electron chi connectivity index (χ0n) is 34.9. The molecule has 0 N–H and O–H groups in total. The molecular weight excluding hydrogens is 544 g/mol. The van der Waals surface area contributed by atoms with Crippen LogP contribution < -0.4 is 0 Å². The second kappa shape index (κ2) is 11.3. The minimum Gasteiger partial charge on any atom is -0.456 e. The third kappa shape index (κ3) is 4.67. The van der Waals surface area contributed by atoms with Crippen molar-refractivity contribution < 1.29 is 19.5 Å². The van der Waals surface area contributed by atoms with E-state index in [0.717, 1.165) is 5.56 Å². The van der Waals surface area contributed by atoms with Crippen LogP contribution in [-0.4, -0.2) is 0 Å². The molecule has 0 amide bonds. The summed E-state index contributed by atoms with van der Waals surface area (Å²) in [6.45, 7) is 3.64. The van der Waals surface area contributed by atoms with Crippen LogP contribution in [0.4, 0.5) is 0 Å². The second-order valence-electron chi connectivity index (χ2n) is 10.5. The van der Waals surface area contributed by atoms with Gasteiger partial charge in [-0.3, -0.25) is 0 Å². The molecule has 0 saturated heterocycles. The van der Waals surface area contributed by atoms with Gasteiger partial charge in [-0.15, -0.1) is 0 Å². The average molecular weight is 586 g/mol. The molecule has 1 heteroatoms. The molecule has 7 aromatic carbocycles. The maximum absolute atomic E-state index is 9.48. The predicted octanol–water partition coefficient (Wildman–Crippen LogP) is 12.6. The lowest BCUT2D eigenvalue weighted by atomic mass is 9.84. The molecular formula is C44H30O. The lowest BCUT2D eigenvalue weighted by molar-refractivity contribution is 0.669. The van der Waals surface area contributed by atoms with E-state index in [0.29, 0.717) is 33.1 Å². The quantitative estimate of drug-likeness (QED) is 0.140. The minimum absolute atomic E-state index is 0.0163. The van der Waals surface area contributed by atoms with Crippen LogP contribution in [-0.2, 0) is 0 Å². The molecule has 0 aliphatic carbocycles. The molecule has 0 atom stereocenters. The molecule has 0 radical (unpaired) electrons. The summed E-state index contributed by atoms with van der Waals surface area (Å²) in [6.07, 6.45) is 7.81. The minimum atomic E-state index is -0.587. The van der Waals surface area contributed by atoms with Gasteiger partial charge in [-0.2, -0.15) is 0 Å². The fraction of sp³-hybridized carbons (Fsp3) is 0. The van der Waals surface area contributed by atoms with Gasteiger partial charge in [0.25, 0.3) is 0 Å². The van der Waals surface area contributed by atoms with Crippen molar-refractivity contribution >= 4 is 49.6 Å². The van der Waals surface area contributed by atoms with Crippen LogP contribution in [0.15, 0.2) is 175 Å². The van der Waals surface area contributed by atoms with Crippen LogP contribution in [0.1, 0.15) is 20.6 Å². The number of fused-ring (bicyclic) bond motifs is 5. The molecule has 0 aliphatic heterocycles. The van der Waals surface area contributed by atoms with Crippen LogP contribution in [0.5, 0.6) is 0 Å². The van der Waals surface area contributed by atoms with Crippen molar-refractivity contribution in [2.24, 2.45) is 0 Å². The number of hydrogen-bond donors (Lipinski definition) is 0. The maximum atomic E-state index is 9.48. The molecule has 0 fully saturated rings. The summed E-state index contributed by atoms with van der Waals surface area (Å²) in [5.74, 6) is 0. The van der Waals surface area contributed by atoms with Crippen LogP contribution in [0.25, 0.3) is 82.9 Å². The molecule has 0 unspecified atom stereocenters. The molecule has 1 heterocycles. The van der Waals surface area contributed by atoms with Crippen molar-refractivity contribution in [2.45, 2.75) is 0 Å². The first-order valence-corrected chi connectivity index (χ1v) is 14.4. The van der Waals surface area contributed by atoms with Gasteiger partial charge in [-0.1, -0.05) is 152 Å². The molecule has 1 nitrogen and oxygen atoms in total. The Labute approximate surface area is 278 Å². The van der Waals surface area contributed by atoms with E-state index in [1.807, 2.05) is 66.7 Å². The zero-order valence-corrected chi connectivity index (χ0v) is 23.9. The van der Waals surface area contributed by atoms with E-state index in [2.05, 4.69) is 6.58 Å². The monoisotopic (exact) mass is 585 g/mol. The molecule has 8 aromatic rings.